The Kier molecular flexibility index (Phi) is 7.72. The quantitative estimate of drug-likeness (QED) is 0.0868. The van der Waals surface area contributed by atoms with Crippen LogP contribution in [-0.4, -0.2) is 35.3 Å². The van der Waals surface area contributed by atoms with Gasteiger partial charge in [-0.1, -0.05) is 41.9 Å². The van der Waals surface area contributed by atoms with E-state index in [1.54, 1.807) is 30.3 Å². The van der Waals surface area contributed by atoms with Crippen LogP contribution in [0.4, 0.5) is 5.69 Å². The zero-order valence-electron chi connectivity index (χ0n) is 21.6. The monoisotopic (exact) mass is 573 g/mol. The Balaban J connectivity index is 1.53. The van der Waals surface area contributed by atoms with Crippen molar-refractivity contribution in [2.24, 2.45) is 0 Å². The van der Waals surface area contributed by atoms with Gasteiger partial charge in [-0.15, -0.1) is 10.2 Å². The number of hydrogen-bond acceptors (Lipinski definition) is 6. The number of carbonyl (C=O) groups is 1. The molecule has 0 unspecified atom stereocenters. The smallest absolute Gasteiger partial charge is 0.342 e. The van der Waals surface area contributed by atoms with E-state index >= 15 is 0 Å². The predicted molar refractivity (Wildman–Crippen MR) is 156 cm³/mol. The lowest BCUT2D eigenvalue weighted by Crippen LogP contribution is -2.03. The number of nitrogens with zero attached hydrogens (tertiary/aromatic N) is 5. The van der Waals surface area contributed by atoms with E-state index in [0.29, 0.717) is 29.1 Å². The molecule has 2 heterocycles. The molecule has 0 radical (unpaired) electrons. The van der Waals surface area contributed by atoms with Crippen molar-refractivity contribution in [3.8, 4) is 11.4 Å². The average molecular weight is 574 g/mol. The van der Waals surface area contributed by atoms with Crippen molar-refractivity contribution in [1.29, 1.82) is 0 Å². The van der Waals surface area contributed by atoms with Gasteiger partial charge in [0.05, 0.1) is 4.92 Å². The third-order valence-electron chi connectivity index (χ3n) is 6.59. The number of aliphatic carboxylic acids is 1. The van der Waals surface area contributed by atoms with Gasteiger partial charge in [-0.05, 0) is 67.6 Å². The molecule has 202 valence electrons. The first-order valence-corrected chi connectivity index (χ1v) is 13.6. The Bertz CT molecular complexity index is 1760. The minimum atomic E-state index is -1.07. The van der Waals surface area contributed by atoms with Crippen LogP contribution in [0.5, 0.6) is 0 Å². The van der Waals surface area contributed by atoms with Crippen molar-refractivity contribution in [3.05, 3.63) is 110 Å². The summed E-state index contributed by atoms with van der Waals surface area (Å²) in [5.41, 5.74) is 4.34. The van der Waals surface area contributed by atoms with Crippen LogP contribution >= 0.6 is 23.4 Å². The van der Waals surface area contributed by atoms with Crippen molar-refractivity contribution >= 4 is 52.0 Å². The molecule has 3 aromatic carbocycles. The van der Waals surface area contributed by atoms with Gasteiger partial charge in [-0.3, -0.25) is 10.1 Å². The number of hydrogen-bond donors (Lipinski definition) is 1. The highest BCUT2D eigenvalue weighted by Gasteiger charge is 2.21. The summed E-state index contributed by atoms with van der Waals surface area (Å²) in [5, 5.41) is 31.8. The number of carboxylic acid groups (broad SMARTS) is 1. The van der Waals surface area contributed by atoms with Crippen LogP contribution in [0.15, 0.2) is 82.9 Å². The van der Waals surface area contributed by atoms with Crippen LogP contribution in [-0.2, 0) is 17.9 Å². The molecule has 2 aromatic heterocycles. The van der Waals surface area contributed by atoms with Crippen molar-refractivity contribution in [2.45, 2.75) is 32.1 Å². The van der Waals surface area contributed by atoms with E-state index in [0.717, 1.165) is 45.0 Å². The van der Waals surface area contributed by atoms with E-state index in [-0.39, 0.29) is 10.6 Å². The second-order valence-corrected chi connectivity index (χ2v) is 10.4. The molecule has 0 saturated carbocycles. The number of non-ortho nitro benzene ring substituents is 1. The predicted octanol–water partition coefficient (Wildman–Crippen LogP) is 7.06. The van der Waals surface area contributed by atoms with Crippen LogP contribution in [0.25, 0.3) is 28.4 Å². The van der Waals surface area contributed by atoms with Gasteiger partial charge < -0.3 is 14.2 Å². The third-order valence-corrected chi connectivity index (χ3v) is 7.84. The van der Waals surface area contributed by atoms with Gasteiger partial charge in [0.25, 0.3) is 5.69 Å². The van der Waals surface area contributed by atoms with Crippen LogP contribution < -0.4 is 0 Å². The first kappa shape index (κ1) is 27.2. The molecule has 0 fully saturated rings. The van der Waals surface area contributed by atoms with E-state index in [9.17, 15) is 20.0 Å². The van der Waals surface area contributed by atoms with E-state index < -0.39 is 10.9 Å². The summed E-state index contributed by atoms with van der Waals surface area (Å²) in [6, 6.07) is 21.5. The molecule has 5 aromatic rings. The fraction of sp³-hybridized carbons (Fsp3) is 0.138. The van der Waals surface area contributed by atoms with E-state index in [1.165, 1.54) is 12.1 Å². The molecule has 11 heteroatoms. The second kappa shape index (κ2) is 11.4. The molecule has 0 atom stereocenters. The zero-order chi connectivity index (χ0) is 28.4. The molecule has 0 spiro atoms. The first-order valence-electron chi connectivity index (χ1n) is 12.4. The highest BCUT2D eigenvalue weighted by Crippen LogP contribution is 2.34. The fourth-order valence-corrected chi connectivity index (χ4v) is 5.57. The van der Waals surface area contributed by atoms with E-state index in [1.807, 2.05) is 54.8 Å². The van der Waals surface area contributed by atoms with Gasteiger partial charge in [-0.25, -0.2) is 4.79 Å². The van der Waals surface area contributed by atoms with Crippen LogP contribution in [0.3, 0.4) is 0 Å². The molecule has 0 saturated heterocycles. The number of aromatic nitrogens is 4. The second-order valence-electron chi connectivity index (χ2n) is 9.00. The largest absolute Gasteiger partial charge is 0.477 e. The van der Waals surface area contributed by atoms with Crippen molar-refractivity contribution in [3.63, 3.8) is 0 Å². The van der Waals surface area contributed by atoms with Crippen LogP contribution in [0.1, 0.15) is 23.7 Å². The maximum Gasteiger partial charge on any atom is 0.342 e. The maximum absolute atomic E-state index is 12.4. The summed E-state index contributed by atoms with van der Waals surface area (Å²) in [6.45, 7) is 4.91. The summed E-state index contributed by atoms with van der Waals surface area (Å²) in [5.74, 6) is -0.447. The number of thioether (sulfide) groups is 1. The Morgan fingerprint density at radius 1 is 1.05 bits per heavy atom. The number of carboxylic acids is 1. The van der Waals surface area contributed by atoms with Gasteiger partial charge in [0.15, 0.2) is 11.0 Å². The Morgan fingerprint density at radius 3 is 2.40 bits per heavy atom. The molecule has 0 aliphatic rings. The summed E-state index contributed by atoms with van der Waals surface area (Å²) in [4.78, 5) is 23.2. The Labute approximate surface area is 238 Å². The van der Waals surface area contributed by atoms with Gasteiger partial charge >= 0.3 is 5.97 Å². The van der Waals surface area contributed by atoms with Gasteiger partial charge in [0, 0.05) is 58.0 Å². The van der Waals surface area contributed by atoms with Crippen LogP contribution in [0.2, 0.25) is 5.02 Å². The average Bonchev–Trinajstić information content (AvgIpc) is 3.47. The summed E-state index contributed by atoms with van der Waals surface area (Å²) < 4.78 is 3.95. The van der Waals surface area contributed by atoms with Crippen molar-refractivity contribution < 1.29 is 14.8 Å². The molecule has 0 amide bonds. The highest BCUT2D eigenvalue weighted by atomic mass is 35.5. The summed E-state index contributed by atoms with van der Waals surface area (Å²) >= 11 is 7.08. The van der Waals surface area contributed by atoms with E-state index in [2.05, 4.69) is 14.8 Å². The number of rotatable bonds is 9. The number of fused-ring (bicyclic) bond motifs is 1. The molecule has 5 rings (SSSR count). The zero-order valence-corrected chi connectivity index (χ0v) is 23.2. The Morgan fingerprint density at radius 2 is 1.75 bits per heavy atom. The number of para-hydroxylation sites is 1. The molecule has 0 aliphatic carbocycles. The molecule has 1 N–H and O–H groups in total. The fourth-order valence-electron chi connectivity index (χ4n) is 4.58. The van der Waals surface area contributed by atoms with Crippen molar-refractivity contribution in [2.75, 3.05) is 0 Å². The topological polar surface area (TPSA) is 116 Å². The first-order chi connectivity index (χ1) is 19.3. The maximum atomic E-state index is 12.4. The molecular formula is C29H24ClN5O4S. The standard InChI is InChI=1S/C29H24ClN5O4S/c1-3-33-27(20-10-12-21(30)13-11-20)31-32-29(33)40-26(28(36)37)16-24-18(2)34(25-7-5-4-6-23(24)25)17-19-8-14-22(15-9-19)35(38)39/h4-16H,3,17H2,1-2H3,(H,36,37)/b26-16-. The molecule has 0 bridgehead atoms. The number of halogens is 1. The molecular weight excluding hydrogens is 550 g/mol. The minimum Gasteiger partial charge on any atom is -0.477 e. The third kappa shape index (κ3) is 5.36. The molecule has 40 heavy (non-hydrogen) atoms. The normalized spacial score (nSPS) is 11.7. The lowest BCUT2D eigenvalue weighted by Gasteiger charge is -2.09. The highest BCUT2D eigenvalue weighted by molar-refractivity contribution is 8.04. The van der Waals surface area contributed by atoms with Crippen molar-refractivity contribution in [1.82, 2.24) is 19.3 Å². The van der Waals surface area contributed by atoms with Crippen LogP contribution in [0, 0.1) is 17.0 Å². The lowest BCUT2D eigenvalue weighted by molar-refractivity contribution is -0.384. The van der Waals surface area contributed by atoms with Gasteiger partial charge in [0.1, 0.15) is 4.91 Å². The Hall–Kier alpha value is -4.41. The molecule has 0 aliphatic heterocycles. The number of nitro benzene ring substituents is 1. The van der Waals surface area contributed by atoms with Gasteiger partial charge in [0.2, 0.25) is 0 Å². The number of nitro groups is 1. The summed E-state index contributed by atoms with van der Waals surface area (Å²) in [6.07, 6.45) is 1.67. The number of benzene rings is 3. The van der Waals surface area contributed by atoms with Gasteiger partial charge in [-0.2, -0.15) is 0 Å². The molecule has 9 nitrogen and oxygen atoms in total. The summed E-state index contributed by atoms with van der Waals surface area (Å²) in [7, 11) is 0. The SMILES string of the molecule is CCn1c(S/C(=C\c2c(C)n(Cc3ccc([N+](=O)[O-])cc3)c3ccccc23)C(=O)O)nnc1-c1ccc(Cl)cc1. The van der Waals surface area contributed by atoms with E-state index in [4.69, 9.17) is 11.6 Å². The lowest BCUT2D eigenvalue weighted by atomic mass is 10.1. The minimum absolute atomic E-state index is 0.0312.